The molecule has 0 spiro atoms. The Labute approximate surface area is 129 Å². The Morgan fingerprint density at radius 3 is 2.90 bits per heavy atom. The van der Waals surface area contributed by atoms with Gasteiger partial charge in [0.25, 0.3) is 0 Å². The second-order valence-electron chi connectivity index (χ2n) is 5.26. The van der Waals surface area contributed by atoms with Gasteiger partial charge in [-0.05, 0) is 41.5 Å². The highest BCUT2D eigenvalue weighted by Gasteiger charge is 2.18. The van der Waals surface area contributed by atoms with E-state index in [1.54, 1.807) is 0 Å². The normalized spacial score (nSPS) is 16.0. The molecule has 108 valence electrons. The molecule has 0 saturated heterocycles. The van der Waals surface area contributed by atoms with Gasteiger partial charge >= 0.3 is 5.69 Å². The van der Waals surface area contributed by atoms with Crippen molar-refractivity contribution in [1.29, 1.82) is 0 Å². The number of hydrogen-bond donors (Lipinski definition) is 3. The molecule has 0 fully saturated rings. The van der Waals surface area contributed by atoms with Gasteiger partial charge in [-0.1, -0.05) is 6.07 Å². The molecule has 1 aromatic carbocycles. The van der Waals surface area contributed by atoms with Crippen molar-refractivity contribution in [2.24, 2.45) is 5.73 Å². The molecule has 1 atom stereocenters. The summed E-state index contributed by atoms with van der Waals surface area (Å²) in [5.74, 6) is 2.31. The third-order valence-corrected chi connectivity index (χ3v) is 6.18. The number of thioether (sulfide) groups is 1. The third kappa shape index (κ3) is 2.33. The lowest BCUT2D eigenvalue weighted by Crippen LogP contribution is -2.10. The maximum atomic E-state index is 11.3. The third-order valence-electron chi connectivity index (χ3n) is 3.85. The van der Waals surface area contributed by atoms with Crippen LogP contribution >= 0.6 is 23.1 Å². The lowest BCUT2D eigenvalue weighted by molar-refractivity contribution is 0.894. The molecule has 0 bridgehead atoms. The summed E-state index contributed by atoms with van der Waals surface area (Å²) in [6.07, 6.45) is 1.15. The molecular formula is C15H15N3OS2. The number of thiophene rings is 1. The molecule has 0 amide bonds. The van der Waals surface area contributed by atoms with Crippen LogP contribution in [-0.4, -0.2) is 15.7 Å². The Balaban J connectivity index is 1.73. The van der Waals surface area contributed by atoms with E-state index in [0.29, 0.717) is 0 Å². The van der Waals surface area contributed by atoms with Crippen LogP contribution in [0.3, 0.4) is 0 Å². The Kier molecular flexibility index (Phi) is 3.17. The lowest BCUT2D eigenvalue weighted by atomic mass is 10.0. The van der Waals surface area contributed by atoms with E-state index >= 15 is 0 Å². The molecule has 3 aromatic rings. The Bertz CT molecular complexity index is 838. The van der Waals surface area contributed by atoms with E-state index in [-0.39, 0.29) is 11.7 Å². The molecule has 2 aromatic heterocycles. The summed E-state index contributed by atoms with van der Waals surface area (Å²) in [7, 11) is 0. The van der Waals surface area contributed by atoms with Gasteiger partial charge in [-0.3, -0.25) is 0 Å². The van der Waals surface area contributed by atoms with Gasteiger partial charge in [0.15, 0.2) is 0 Å². The molecule has 4 nitrogen and oxygen atoms in total. The van der Waals surface area contributed by atoms with Crippen LogP contribution in [-0.2, 0) is 12.2 Å². The fourth-order valence-electron chi connectivity index (χ4n) is 2.73. The highest BCUT2D eigenvalue weighted by Crippen LogP contribution is 2.35. The molecule has 4 N–H and O–H groups in total. The molecule has 1 aliphatic rings. The lowest BCUT2D eigenvalue weighted by Gasteiger charge is -2.09. The fourth-order valence-corrected chi connectivity index (χ4v) is 5.14. The summed E-state index contributed by atoms with van der Waals surface area (Å²) in [6, 6.07) is 7.98. The first-order valence-electron chi connectivity index (χ1n) is 6.87. The van der Waals surface area contributed by atoms with Crippen LogP contribution in [0.15, 0.2) is 29.1 Å². The van der Waals surface area contributed by atoms with Gasteiger partial charge in [0.05, 0.1) is 17.1 Å². The van der Waals surface area contributed by atoms with Crippen LogP contribution < -0.4 is 11.4 Å². The second kappa shape index (κ2) is 5.05. The first kappa shape index (κ1) is 13.2. The van der Waals surface area contributed by atoms with E-state index in [2.05, 4.69) is 16.0 Å². The zero-order valence-corrected chi connectivity index (χ0v) is 12.9. The van der Waals surface area contributed by atoms with E-state index in [1.807, 2.05) is 41.3 Å². The molecule has 0 aliphatic carbocycles. The summed E-state index contributed by atoms with van der Waals surface area (Å²) in [4.78, 5) is 19.6. The molecule has 4 rings (SSSR count). The van der Waals surface area contributed by atoms with Crippen LogP contribution in [0.25, 0.3) is 11.0 Å². The number of fused-ring (bicyclic) bond motifs is 2. The number of H-pyrrole nitrogens is 2. The van der Waals surface area contributed by atoms with Crippen LogP contribution in [0.5, 0.6) is 0 Å². The van der Waals surface area contributed by atoms with E-state index in [1.165, 1.54) is 21.1 Å². The summed E-state index contributed by atoms with van der Waals surface area (Å²) >= 11 is 3.82. The zero-order chi connectivity index (χ0) is 14.4. The van der Waals surface area contributed by atoms with Crippen molar-refractivity contribution < 1.29 is 0 Å². The number of aromatic nitrogens is 2. The highest BCUT2D eigenvalue weighted by atomic mass is 32.2. The average molecular weight is 317 g/mol. The van der Waals surface area contributed by atoms with Gasteiger partial charge in [-0.25, -0.2) is 4.79 Å². The Hall–Kier alpha value is -1.50. The number of nitrogens with two attached hydrogens (primary N) is 1. The fraction of sp³-hybridized carbons (Fsp3) is 0.267. The molecule has 0 radical (unpaired) electrons. The topological polar surface area (TPSA) is 74.7 Å². The zero-order valence-electron chi connectivity index (χ0n) is 11.3. The van der Waals surface area contributed by atoms with Gasteiger partial charge in [-0.2, -0.15) is 11.8 Å². The van der Waals surface area contributed by atoms with Crippen molar-refractivity contribution in [2.75, 3.05) is 5.75 Å². The molecule has 1 aliphatic heterocycles. The summed E-state index contributed by atoms with van der Waals surface area (Å²) < 4.78 is 0. The molecule has 21 heavy (non-hydrogen) atoms. The second-order valence-corrected chi connectivity index (χ2v) is 7.54. The number of imidazole rings is 1. The maximum Gasteiger partial charge on any atom is 0.323 e. The van der Waals surface area contributed by atoms with Crippen LogP contribution in [0.4, 0.5) is 0 Å². The number of rotatable bonds is 2. The van der Waals surface area contributed by atoms with Crippen molar-refractivity contribution in [1.82, 2.24) is 9.97 Å². The van der Waals surface area contributed by atoms with Crippen LogP contribution in [0.1, 0.15) is 26.9 Å². The molecular weight excluding hydrogens is 302 g/mol. The van der Waals surface area contributed by atoms with Crippen LogP contribution in [0.2, 0.25) is 0 Å². The largest absolute Gasteiger partial charge is 0.323 e. The minimum Gasteiger partial charge on any atom is -0.320 e. The van der Waals surface area contributed by atoms with Gasteiger partial charge in [0.2, 0.25) is 0 Å². The minimum absolute atomic E-state index is 0.131. The first-order chi connectivity index (χ1) is 10.2. The van der Waals surface area contributed by atoms with Gasteiger partial charge in [-0.15, -0.1) is 11.3 Å². The number of aromatic amines is 2. The van der Waals surface area contributed by atoms with E-state index in [9.17, 15) is 4.79 Å². The number of hydrogen-bond acceptors (Lipinski definition) is 4. The summed E-state index contributed by atoms with van der Waals surface area (Å²) in [5.41, 5.74) is 10.3. The average Bonchev–Trinajstić information content (AvgIpc) is 3.07. The van der Waals surface area contributed by atoms with Crippen molar-refractivity contribution in [3.8, 4) is 0 Å². The number of nitrogens with one attached hydrogen (secondary N) is 2. The predicted octanol–water partition coefficient (Wildman–Crippen LogP) is 2.76. The number of benzene rings is 1. The molecule has 1 unspecified atom stereocenters. The summed E-state index contributed by atoms with van der Waals surface area (Å²) in [6.45, 7) is 0. The van der Waals surface area contributed by atoms with Gasteiger partial charge in [0, 0.05) is 15.5 Å². The molecule has 6 heteroatoms. The van der Waals surface area contributed by atoms with Crippen molar-refractivity contribution >= 4 is 34.1 Å². The van der Waals surface area contributed by atoms with Gasteiger partial charge < -0.3 is 15.7 Å². The predicted molar refractivity (Wildman–Crippen MR) is 89.1 cm³/mol. The molecule has 0 saturated carbocycles. The van der Waals surface area contributed by atoms with Crippen molar-refractivity contribution in [2.45, 2.75) is 18.2 Å². The van der Waals surface area contributed by atoms with Crippen LogP contribution in [0, 0.1) is 0 Å². The van der Waals surface area contributed by atoms with Gasteiger partial charge in [0.1, 0.15) is 0 Å². The monoisotopic (exact) mass is 317 g/mol. The minimum atomic E-state index is -0.181. The Morgan fingerprint density at radius 1 is 1.19 bits per heavy atom. The first-order valence-corrected chi connectivity index (χ1v) is 8.84. The maximum absolute atomic E-state index is 11.3. The molecule has 3 heterocycles. The van der Waals surface area contributed by atoms with E-state index in [4.69, 9.17) is 5.73 Å². The summed E-state index contributed by atoms with van der Waals surface area (Å²) in [5, 5.41) is 0. The van der Waals surface area contributed by atoms with Crippen molar-refractivity contribution in [3.05, 3.63) is 55.6 Å². The van der Waals surface area contributed by atoms with Crippen molar-refractivity contribution in [3.63, 3.8) is 0 Å². The Morgan fingerprint density at radius 2 is 2.05 bits per heavy atom. The SMILES string of the molecule is NC(c1ccc2[nH]c(=O)[nH]c2c1)c1cc2c(s1)CCSC2. The number of aryl methyl sites for hydroxylation is 1. The van der Waals surface area contributed by atoms with E-state index in [0.717, 1.165) is 28.8 Å². The standard InChI is InChI=1S/C15H15N3OS2/c16-14(13-6-9-7-20-4-3-12(9)21-13)8-1-2-10-11(5-8)18-15(19)17-10/h1-2,5-6,14H,3-4,7,16H2,(H2,17,18,19). The smallest absolute Gasteiger partial charge is 0.320 e. The van der Waals surface area contributed by atoms with E-state index < -0.39 is 0 Å². The quantitative estimate of drug-likeness (QED) is 0.680. The highest BCUT2D eigenvalue weighted by molar-refractivity contribution is 7.98.